The van der Waals surface area contributed by atoms with E-state index in [9.17, 15) is 9.59 Å². The summed E-state index contributed by atoms with van der Waals surface area (Å²) in [5.74, 6) is -0.118. The number of hydrogen-bond acceptors (Lipinski definition) is 3. The van der Waals surface area contributed by atoms with Crippen LogP contribution < -0.4 is 10.9 Å². The third-order valence-corrected chi connectivity index (χ3v) is 4.64. The molecule has 0 aliphatic carbocycles. The van der Waals surface area contributed by atoms with Crippen LogP contribution in [0.4, 0.5) is 0 Å². The molecule has 118 valence electrons. The highest BCUT2D eigenvalue weighted by Crippen LogP contribution is 2.22. The van der Waals surface area contributed by atoms with Crippen LogP contribution in [0.2, 0.25) is 0 Å². The molecule has 0 unspecified atom stereocenters. The molecule has 0 radical (unpaired) electrons. The second-order valence-corrected chi connectivity index (χ2v) is 6.54. The highest BCUT2D eigenvalue weighted by molar-refractivity contribution is 6.06. The van der Waals surface area contributed by atoms with Crippen molar-refractivity contribution in [1.82, 2.24) is 19.8 Å². The van der Waals surface area contributed by atoms with Crippen molar-refractivity contribution in [3.05, 3.63) is 34.4 Å². The Labute approximate surface area is 129 Å². The number of aryl methyl sites for hydroxylation is 1. The minimum atomic E-state index is -0.194. The standard InChI is InChI=1S/C16H22N4O2/c1-16(5-8-19(2)9-6-16)18-14(21)12-10-20(3)15(22)13-11(12)4-7-17-13/h4,7,10,17H,5-6,8-9H2,1-3H3,(H,18,21). The predicted octanol–water partition coefficient (Wildman–Crippen LogP) is 1.08. The molecule has 1 amide bonds. The molecule has 2 aromatic rings. The molecule has 2 N–H and O–H groups in total. The monoisotopic (exact) mass is 302 g/mol. The van der Waals surface area contributed by atoms with E-state index in [0.717, 1.165) is 25.9 Å². The van der Waals surface area contributed by atoms with Gasteiger partial charge in [0.25, 0.3) is 11.5 Å². The molecule has 3 rings (SSSR count). The lowest BCUT2D eigenvalue weighted by Crippen LogP contribution is -2.52. The van der Waals surface area contributed by atoms with Crippen LogP contribution in [0.1, 0.15) is 30.1 Å². The average Bonchev–Trinajstić information content (AvgIpc) is 2.96. The second kappa shape index (κ2) is 5.28. The number of nitrogens with zero attached hydrogens (tertiary/aromatic N) is 2. The summed E-state index contributed by atoms with van der Waals surface area (Å²) < 4.78 is 1.45. The maximum Gasteiger partial charge on any atom is 0.274 e. The number of pyridine rings is 1. The van der Waals surface area contributed by atoms with Crippen molar-refractivity contribution in [2.45, 2.75) is 25.3 Å². The van der Waals surface area contributed by atoms with Gasteiger partial charge < -0.3 is 19.8 Å². The van der Waals surface area contributed by atoms with Gasteiger partial charge in [-0.05, 0) is 32.9 Å². The molecule has 1 saturated heterocycles. The molecule has 0 atom stereocenters. The van der Waals surface area contributed by atoms with Gasteiger partial charge in [0, 0.05) is 43.5 Å². The largest absolute Gasteiger partial charge is 0.357 e. The first-order chi connectivity index (χ1) is 10.4. The summed E-state index contributed by atoms with van der Waals surface area (Å²) in [4.78, 5) is 30.0. The first-order valence-corrected chi connectivity index (χ1v) is 7.57. The molecule has 1 fully saturated rings. The topological polar surface area (TPSA) is 70.1 Å². The van der Waals surface area contributed by atoms with Crippen molar-refractivity contribution in [2.75, 3.05) is 20.1 Å². The van der Waals surface area contributed by atoms with Gasteiger partial charge in [-0.2, -0.15) is 0 Å². The van der Waals surface area contributed by atoms with Crippen molar-refractivity contribution >= 4 is 16.8 Å². The van der Waals surface area contributed by atoms with Gasteiger partial charge in [0.2, 0.25) is 0 Å². The van der Waals surface area contributed by atoms with Crippen molar-refractivity contribution < 1.29 is 4.79 Å². The predicted molar refractivity (Wildman–Crippen MR) is 86.1 cm³/mol. The van der Waals surface area contributed by atoms with E-state index in [1.54, 1.807) is 25.5 Å². The van der Waals surface area contributed by atoms with Gasteiger partial charge in [0.1, 0.15) is 5.52 Å². The zero-order valence-corrected chi connectivity index (χ0v) is 13.3. The molecule has 22 heavy (non-hydrogen) atoms. The molecule has 0 bridgehead atoms. The smallest absolute Gasteiger partial charge is 0.274 e. The molecule has 1 aliphatic rings. The van der Waals surface area contributed by atoms with E-state index in [0.29, 0.717) is 16.5 Å². The van der Waals surface area contributed by atoms with Gasteiger partial charge in [-0.3, -0.25) is 9.59 Å². The van der Waals surface area contributed by atoms with Gasteiger partial charge >= 0.3 is 0 Å². The van der Waals surface area contributed by atoms with E-state index in [-0.39, 0.29) is 17.0 Å². The van der Waals surface area contributed by atoms with Crippen molar-refractivity contribution in [1.29, 1.82) is 0 Å². The Morgan fingerprint density at radius 2 is 2.00 bits per heavy atom. The van der Waals surface area contributed by atoms with Gasteiger partial charge in [0.15, 0.2) is 0 Å². The minimum Gasteiger partial charge on any atom is -0.357 e. The van der Waals surface area contributed by atoms with E-state index < -0.39 is 0 Å². The molecule has 0 aromatic carbocycles. The number of aromatic amines is 1. The number of amides is 1. The van der Waals surface area contributed by atoms with Crippen molar-refractivity contribution in [3.8, 4) is 0 Å². The number of fused-ring (bicyclic) bond motifs is 1. The van der Waals surface area contributed by atoms with Gasteiger partial charge in [-0.15, -0.1) is 0 Å². The van der Waals surface area contributed by atoms with Crippen LogP contribution in [-0.4, -0.2) is 46.0 Å². The van der Waals surface area contributed by atoms with E-state index in [2.05, 4.69) is 29.2 Å². The van der Waals surface area contributed by atoms with Gasteiger partial charge in [-0.1, -0.05) is 0 Å². The van der Waals surface area contributed by atoms with Crippen LogP contribution in [0.15, 0.2) is 23.3 Å². The zero-order chi connectivity index (χ0) is 15.9. The molecule has 1 aliphatic heterocycles. The fraction of sp³-hybridized carbons (Fsp3) is 0.500. The fourth-order valence-corrected chi connectivity index (χ4v) is 3.03. The van der Waals surface area contributed by atoms with Gasteiger partial charge in [0.05, 0.1) is 5.56 Å². The maximum absolute atomic E-state index is 12.7. The first-order valence-electron chi connectivity index (χ1n) is 7.57. The lowest BCUT2D eigenvalue weighted by molar-refractivity contribution is 0.0853. The number of aromatic nitrogens is 2. The Hall–Kier alpha value is -2.08. The SMILES string of the molecule is CN1CCC(C)(NC(=O)c2cn(C)c(=O)c3[nH]ccc23)CC1. The molecule has 6 heteroatoms. The number of rotatable bonds is 2. The summed E-state index contributed by atoms with van der Waals surface area (Å²) in [6.07, 6.45) is 5.17. The number of likely N-dealkylation sites (tertiary alicyclic amines) is 1. The number of piperidine rings is 1. The highest BCUT2D eigenvalue weighted by Gasteiger charge is 2.31. The average molecular weight is 302 g/mol. The first kappa shape index (κ1) is 14.8. The third-order valence-electron chi connectivity index (χ3n) is 4.64. The van der Waals surface area contributed by atoms with E-state index in [1.165, 1.54) is 4.57 Å². The molecule has 0 saturated carbocycles. The Morgan fingerprint density at radius 3 is 2.68 bits per heavy atom. The van der Waals surface area contributed by atoms with Crippen LogP contribution in [0.5, 0.6) is 0 Å². The lowest BCUT2D eigenvalue weighted by Gasteiger charge is -2.38. The summed E-state index contributed by atoms with van der Waals surface area (Å²) in [6, 6.07) is 1.78. The van der Waals surface area contributed by atoms with E-state index >= 15 is 0 Å². The molecule has 6 nitrogen and oxygen atoms in total. The lowest BCUT2D eigenvalue weighted by atomic mass is 9.89. The fourth-order valence-electron chi connectivity index (χ4n) is 3.03. The highest BCUT2D eigenvalue weighted by atomic mass is 16.2. The number of carbonyl (C=O) groups excluding carboxylic acids is 1. The minimum absolute atomic E-state index is 0.118. The summed E-state index contributed by atoms with van der Waals surface area (Å²) in [7, 11) is 3.76. The zero-order valence-electron chi connectivity index (χ0n) is 13.3. The van der Waals surface area contributed by atoms with Crippen LogP contribution in [0, 0.1) is 0 Å². The molecule has 2 aromatic heterocycles. The Morgan fingerprint density at radius 1 is 1.32 bits per heavy atom. The Balaban J connectivity index is 1.91. The van der Waals surface area contributed by atoms with Crippen LogP contribution in [-0.2, 0) is 7.05 Å². The van der Waals surface area contributed by atoms with Crippen molar-refractivity contribution in [3.63, 3.8) is 0 Å². The van der Waals surface area contributed by atoms with E-state index in [4.69, 9.17) is 0 Å². The summed E-state index contributed by atoms with van der Waals surface area (Å²) in [6.45, 7) is 4.04. The Kier molecular flexibility index (Phi) is 3.56. The number of H-pyrrole nitrogens is 1. The molecular weight excluding hydrogens is 280 g/mol. The molecule has 0 spiro atoms. The maximum atomic E-state index is 12.7. The van der Waals surface area contributed by atoms with E-state index in [1.807, 2.05) is 0 Å². The summed E-state index contributed by atoms with van der Waals surface area (Å²) in [5, 5.41) is 3.84. The molecular formula is C16H22N4O2. The van der Waals surface area contributed by atoms with Crippen LogP contribution in [0.3, 0.4) is 0 Å². The molecule has 3 heterocycles. The van der Waals surface area contributed by atoms with Gasteiger partial charge in [-0.25, -0.2) is 0 Å². The summed E-state index contributed by atoms with van der Waals surface area (Å²) in [5.41, 5.74) is 0.699. The van der Waals surface area contributed by atoms with Crippen molar-refractivity contribution in [2.24, 2.45) is 7.05 Å². The quantitative estimate of drug-likeness (QED) is 0.872. The Bertz CT molecular complexity index is 766. The number of nitrogens with one attached hydrogen (secondary N) is 2. The summed E-state index contributed by atoms with van der Waals surface area (Å²) >= 11 is 0. The normalized spacial score (nSPS) is 18.5. The number of hydrogen-bond donors (Lipinski definition) is 2. The van der Waals surface area contributed by atoms with Crippen LogP contribution in [0.25, 0.3) is 10.9 Å². The van der Waals surface area contributed by atoms with Crippen LogP contribution >= 0.6 is 0 Å². The second-order valence-electron chi connectivity index (χ2n) is 6.54. The number of carbonyl (C=O) groups is 1. The third kappa shape index (κ3) is 2.54.